The van der Waals surface area contributed by atoms with Crippen LogP contribution in [0.5, 0.6) is 0 Å². The van der Waals surface area contributed by atoms with Crippen LogP contribution in [0.4, 0.5) is 0 Å². The average Bonchev–Trinajstić information content (AvgIpc) is 3.39. The minimum atomic E-state index is -2.58. The number of epoxide rings is 1. The molecule has 1 heterocycles. The van der Waals surface area contributed by atoms with Gasteiger partial charge in [-0.1, -0.05) is 40.0 Å². The van der Waals surface area contributed by atoms with Gasteiger partial charge < -0.3 is 22.8 Å². The molecule has 1 saturated heterocycles. The number of hydrogen-bond acceptors (Lipinski definition) is 5. The van der Waals surface area contributed by atoms with Crippen molar-refractivity contribution >= 4 is 8.80 Å². The zero-order valence-electron chi connectivity index (χ0n) is 16.0. The van der Waals surface area contributed by atoms with E-state index in [9.17, 15) is 0 Å². The Hall–Kier alpha value is 0.0169. The van der Waals surface area contributed by atoms with Crippen molar-refractivity contribution in [1.29, 1.82) is 0 Å². The summed E-state index contributed by atoms with van der Waals surface area (Å²) in [6.07, 6.45) is 7.78. The van der Waals surface area contributed by atoms with Gasteiger partial charge in [-0.05, 0) is 25.7 Å². The molecule has 0 radical (unpaired) electrons. The Balaban J connectivity index is 2.43. The predicted octanol–water partition coefficient (Wildman–Crippen LogP) is 4.18. The van der Waals surface area contributed by atoms with Gasteiger partial charge in [0.1, 0.15) is 6.10 Å². The Morgan fingerprint density at radius 2 is 1.29 bits per heavy atom. The summed E-state index contributed by atoms with van der Waals surface area (Å²) in [5, 5.41) is 0. The Bertz CT molecular complexity index is 260. The lowest BCUT2D eigenvalue weighted by Gasteiger charge is -2.30. The van der Waals surface area contributed by atoms with Crippen LogP contribution >= 0.6 is 0 Å². The lowest BCUT2D eigenvalue weighted by Crippen LogP contribution is -2.46. The fourth-order valence-electron chi connectivity index (χ4n) is 2.23. The summed E-state index contributed by atoms with van der Waals surface area (Å²) in [6, 6.07) is 0.843. The smallest absolute Gasteiger partial charge is 0.379 e. The van der Waals surface area contributed by atoms with E-state index in [2.05, 4.69) is 20.8 Å². The Labute approximate surface area is 149 Å². The van der Waals surface area contributed by atoms with E-state index >= 15 is 0 Å². The first kappa shape index (κ1) is 22.1. The second-order valence-electron chi connectivity index (χ2n) is 6.42. The quantitative estimate of drug-likeness (QED) is 0.208. The van der Waals surface area contributed by atoms with E-state index < -0.39 is 8.80 Å². The highest BCUT2D eigenvalue weighted by Gasteiger charge is 2.40. The third-order valence-electron chi connectivity index (χ3n) is 3.94. The van der Waals surface area contributed by atoms with Crippen LogP contribution in [-0.4, -0.2) is 54.5 Å². The number of hydrogen-bond donors (Lipinski definition) is 0. The predicted molar refractivity (Wildman–Crippen MR) is 98.3 cm³/mol. The van der Waals surface area contributed by atoms with Crippen LogP contribution in [0.3, 0.4) is 0 Å². The largest absolute Gasteiger partial charge is 0.501 e. The molecule has 1 unspecified atom stereocenters. The lowest BCUT2D eigenvalue weighted by atomic mass is 10.4. The van der Waals surface area contributed by atoms with Crippen molar-refractivity contribution in [3.63, 3.8) is 0 Å². The Kier molecular flexibility index (Phi) is 13.1. The van der Waals surface area contributed by atoms with Crippen molar-refractivity contribution in [2.24, 2.45) is 0 Å². The van der Waals surface area contributed by atoms with Crippen LogP contribution in [0.1, 0.15) is 65.7 Å². The van der Waals surface area contributed by atoms with Crippen molar-refractivity contribution in [2.45, 2.75) is 77.9 Å². The van der Waals surface area contributed by atoms with Gasteiger partial charge in [-0.25, -0.2) is 0 Å². The normalized spacial score (nSPS) is 17.4. The summed E-state index contributed by atoms with van der Waals surface area (Å²) in [5.41, 5.74) is 0. The monoisotopic (exact) mass is 362 g/mol. The molecule has 1 fully saturated rings. The van der Waals surface area contributed by atoms with Gasteiger partial charge in [-0.2, -0.15) is 0 Å². The maximum absolute atomic E-state index is 6.22. The lowest BCUT2D eigenvalue weighted by molar-refractivity contribution is 0.0515. The standard InChI is InChI=1S/C18H38O5Si/c1-4-7-12-21-24(22-13-8-5-2,23-14-9-6-3)15-10-11-19-16-18-17-20-18/h18H,4-17H2,1-3H3. The third-order valence-corrected chi connectivity index (χ3v) is 6.84. The van der Waals surface area contributed by atoms with E-state index in [-0.39, 0.29) is 0 Å². The second-order valence-corrected chi connectivity index (χ2v) is 9.15. The van der Waals surface area contributed by atoms with Gasteiger partial charge in [0, 0.05) is 32.5 Å². The van der Waals surface area contributed by atoms with Crippen molar-refractivity contribution in [2.75, 3.05) is 39.6 Å². The zero-order valence-corrected chi connectivity index (χ0v) is 17.0. The van der Waals surface area contributed by atoms with Crippen LogP contribution in [0.2, 0.25) is 6.04 Å². The zero-order chi connectivity index (χ0) is 17.5. The van der Waals surface area contributed by atoms with Gasteiger partial charge in [0.05, 0.1) is 13.2 Å². The van der Waals surface area contributed by atoms with E-state index in [4.69, 9.17) is 22.8 Å². The number of ether oxygens (including phenoxy) is 2. The summed E-state index contributed by atoms with van der Waals surface area (Å²) < 4.78 is 29.5. The molecule has 0 aliphatic carbocycles. The molecule has 5 nitrogen and oxygen atoms in total. The average molecular weight is 363 g/mol. The molecule has 24 heavy (non-hydrogen) atoms. The Morgan fingerprint density at radius 3 is 1.71 bits per heavy atom. The topological polar surface area (TPSA) is 49.5 Å². The van der Waals surface area contributed by atoms with Crippen LogP contribution < -0.4 is 0 Å². The first-order valence-electron chi connectivity index (χ1n) is 9.87. The van der Waals surface area contributed by atoms with E-state index in [0.29, 0.717) is 12.7 Å². The molecule has 0 saturated carbocycles. The van der Waals surface area contributed by atoms with E-state index in [1.807, 2.05) is 0 Å². The van der Waals surface area contributed by atoms with Crippen molar-refractivity contribution in [3.05, 3.63) is 0 Å². The molecule has 0 aromatic rings. The molecule has 1 aliphatic heterocycles. The van der Waals surface area contributed by atoms with Crippen molar-refractivity contribution < 1.29 is 22.8 Å². The highest BCUT2D eigenvalue weighted by molar-refractivity contribution is 6.60. The van der Waals surface area contributed by atoms with Gasteiger partial charge in [0.25, 0.3) is 0 Å². The molecule has 0 spiro atoms. The molecule has 1 aliphatic rings. The van der Waals surface area contributed by atoms with Gasteiger partial charge >= 0.3 is 8.80 Å². The number of unbranched alkanes of at least 4 members (excludes halogenated alkanes) is 3. The molecular formula is C18H38O5Si. The SMILES string of the molecule is CCCCO[Si](CCCOCC1CO1)(OCCCC)OCCCC. The van der Waals surface area contributed by atoms with Gasteiger partial charge in [0.15, 0.2) is 0 Å². The third kappa shape index (κ3) is 10.8. The van der Waals surface area contributed by atoms with Crippen LogP contribution in [-0.2, 0) is 22.8 Å². The van der Waals surface area contributed by atoms with Crippen LogP contribution in [0.15, 0.2) is 0 Å². The maximum atomic E-state index is 6.22. The minimum Gasteiger partial charge on any atom is -0.379 e. The highest BCUT2D eigenvalue weighted by atomic mass is 28.4. The first-order chi connectivity index (χ1) is 11.8. The van der Waals surface area contributed by atoms with E-state index in [0.717, 1.165) is 84.0 Å². The van der Waals surface area contributed by atoms with Gasteiger partial charge in [0.2, 0.25) is 0 Å². The number of rotatable bonds is 18. The summed E-state index contributed by atoms with van der Waals surface area (Å²) in [6.45, 7) is 11.0. The maximum Gasteiger partial charge on any atom is 0.501 e. The summed E-state index contributed by atoms with van der Waals surface area (Å²) in [7, 11) is -2.58. The van der Waals surface area contributed by atoms with Gasteiger partial charge in [-0.15, -0.1) is 0 Å². The molecule has 0 amide bonds. The summed E-state index contributed by atoms with van der Waals surface area (Å²) in [5.74, 6) is 0. The minimum absolute atomic E-state index is 0.328. The fraction of sp³-hybridized carbons (Fsp3) is 1.00. The fourth-order valence-corrected chi connectivity index (χ4v) is 4.85. The summed E-state index contributed by atoms with van der Waals surface area (Å²) in [4.78, 5) is 0. The highest BCUT2D eigenvalue weighted by Crippen LogP contribution is 2.20. The molecule has 6 heteroatoms. The Morgan fingerprint density at radius 1 is 0.792 bits per heavy atom. The van der Waals surface area contributed by atoms with E-state index in [1.165, 1.54) is 0 Å². The molecule has 0 aromatic carbocycles. The molecule has 0 aromatic heterocycles. The van der Waals surface area contributed by atoms with Crippen molar-refractivity contribution in [1.82, 2.24) is 0 Å². The molecule has 1 rings (SSSR count). The van der Waals surface area contributed by atoms with Crippen molar-refractivity contribution in [3.8, 4) is 0 Å². The van der Waals surface area contributed by atoms with Crippen LogP contribution in [0.25, 0.3) is 0 Å². The van der Waals surface area contributed by atoms with E-state index in [1.54, 1.807) is 0 Å². The summed E-state index contributed by atoms with van der Waals surface area (Å²) >= 11 is 0. The molecule has 1 atom stereocenters. The first-order valence-corrected chi connectivity index (χ1v) is 11.8. The van der Waals surface area contributed by atoms with Gasteiger partial charge in [-0.3, -0.25) is 0 Å². The second kappa shape index (κ2) is 14.2. The molecular weight excluding hydrogens is 324 g/mol. The molecule has 0 bridgehead atoms. The molecule has 0 N–H and O–H groups in total. The van der Waals surface area contributed by atoms with Crippen LogP contribution in [0, 0.1) is 0 Å². The molecule has 144 valence electrons.